The van der Waals surface area contributed by atoms with Gasteiger partial charge in [-0.05, 0) is 36.2 Å². The number of pyridine rings is 2. The van der Waals surface area contributed by atoms with E-state index in [-0.39, 0.29) is 24.0 Å². The van der Waals surface area contributed by atoms with Crippen LogP contribution in [0.15, 0.2) is 49.1 Å². The molecule has 2 saturated heterocycles. The molecule has 2 aromatic rings. The number of aromatic nitrogens is 2. The minimum Gasteiger partial charge on any atom is -0.371 e. The predicted molar refractivity (Wildman–Crippen MR) is 89.1 cm³/mol. The highest BCUT2D eigenvalue weighted by Gasteiger charge is 2.44. The van der Waals surface area contributed by atoms with E-state index in [9.17, 15) is 4.79 Å². The fourth-order valence-corrected chi connectivity index (χ4v) is 3.56. The average Bonchev–Trinajstić information content (AvgIpc) is 2.91. The van der Waals surface area contributed by atoms with Crippen LogP contribution in [0.25, 0.3) is 0 Å². The number of nitrogens with one attached hydrogen (secondary N) is 1. The first-order valence-corrected chi connectivity index (χ1v) is 8.25. The SMILES string of the molecule is O=C(Nc1cccnc1)[C@H]1C[C@H]2CN(Cc3ccncc3)C[C@H]1O2. The van der Waals surface area contributed by atoms with E-state index in [0.29, 0.717) is 0 Å². The number of rotatable bonds is 4. The summed E-state index contributed by atoms with van der Waals surface area (Å²) >= 11 is 0. The summed E-state index contributed by atoms with van der Waals surface area (Å²) in [4.78, 5) is 23.0. The molecule has 124 valence electrons. The number of hydrogen-bond donors (Lipinski definition) is 1. The molecule has 3 atom stereocenters. The Kier molecular flexibility index (Phi) is 4.23. The Bertz CT molecular complexity index is 695. The normalized spacial score (nSPS) is 26.2. The van der Waals surface area contributed by atoms with Gasteiger partial charge in [-0.1, -0.05) is 0 Å². The largest absolute Gasteiger partial charge is 0.371 e. The quantitative estimate of drug-likeness (QED) is 0.927. The summed E-state index contributed by atoms with van der Waals surface area (Å²) in [5, 5.41) is 2.95. The van der Waals surface area contributed by atoms with Crippen LogP contribution in [-0.2, 0) is 16.1 Å². The zero-order chi connectivity index (χ0) is 16.4. The molecule has 4 heterocycles. The van der Waals surface area contributed by atoms with E-state index in [0.717, 1.165) is 31.7 Å². The average molecular weight is 324 g/mol. The van der Waals surface area contributed by atoms with Crippen LogP contribution in [0.3, 0.4) is 0 Å². The van der Waals surface area contributed by atoms with Crippen molar-refractivity contribution in [3.05, 3.63) is 54.6 Å². The lowest BCUT2D eigenvalue weighted by Crippen LogP contribution is -2.44. The molecule has 0 aliphatic carbocycles. The second kappa shape index (κ2) is 6.67. The third-order valence-electron chi connectivity index (χ3n) is 4.65. The number of carbonyl (C=O) groups is 1. The summed E-state index contributed by atoms with van der Waals surface area (Å²) in [6.45, 7) is 2.52. The Morgan fingerprint density at radius 1 is 1.21 bits per heavy atom. The summed E-state index contributed by atoms with van der Waals surface area (Å²) in [5.41, 5.74) is 1.97. The summed E-state index contributed by atoms with van der Waals surface area (Å²) < 4.78 is 6.01. The van der Waals surface area contributed by atoms with Gasteiger partial charge in [-0.15, -0.1) is 0 Å². The van der Waals surface area contributed by atoms with Gasteiger partial charge in [-0.3, -0.25) is 19.7 Å². The van der Waals surface area contributed by atoms with Gasteiger partial charge in [0, 0.05) is 38.2 Å². The van der Waals surface area contributed by atoms with E-state index in [2.05, 4.69) is 20.2 Å². The highest BCUT2D eigenvalue weighted by Crippen LogP contribution is 2.33. The predicted octanol–water partition coefficient (Wildman–Crippen LogP) is 1.70. The summed E-state index contributed by atoms with van der Waals surface area (Å²) in [5.74, 6) is -0.0705. The highest BCUT2D eigenvalue weighted by molar-refractivity contribution is 5.93. The van der Waals surface area contributed by atoms with Crippen molar-refractivity contribution in [2.75, 3.05) is 18.4 Å². The lowest BCUT2D eigenvalue weighted by atomic mass is 9.99. The van der Waals surface area contributed by atoms with Crippen LogP contribution in [-0.4, -0.2) is 46.1 Å². The van der Waals surface area contributed by atoms with Crippen molar-refractivity contribution in [1.82, 2.24) is 14.9 Å². The van der Waals surface area contributed by atoms with E-state index in [1.165, 1.54) is 5.56 Å². The molecule has 24 heavy (non-hydrogen) atoms. The fourth-order valence-electron chi connectivity index (χ4n) is 3.56. The molecule has 1 N–H and O–H groups in total. The fraction of sp³-hybridized carbons (Fsp3) is 0.389. The first kappa shape index (κ1) is 15.2. The number of amides is 1. The molecule has 0 aromatic carbocycles. The van der Waals surface area contributed by atoms with Crippen LogP contribution >= 0.6 is 0 Å². The van der Waals surface area contributed by atoms with Crippen LogP contribution in [0.2, 0.25) is 0 Å². The lowest BCUT2D eigenvalue weighted by Gasteiger charge is -2.32. The zero-order valence-electron chi connectivity index (χ0n) is 13.3. The van der Waals surface area contributed by atoms with Crippen molar-refractivity contribution in [2.24, 2.45) is 5.92 Å². The second-order valence-corrected chi connectivity index (χ2v) is 6.42. The van der Waals surface area contributed by atoms with Gasteiger partial charge >= 0.3 is 0 Å². The van der Waals surface area contributed by atoms with Crippen LogP contribution in [0.4, 0.5) is 5.69 Å². The summed E-state index contributed by atoms with van der Waals surface area (Å²) in [6, 6.07) is 7.73. The van der Waals surface area contributed by atoms with Gasteiger partial charge in [0.25, 0.3) is 0 Å². The molecule has 4 rings (SSSR count). The molecule has 6 nitrogen and oxygen atoms in total. The highest BCUT2D eigenvalue weighted by atomic mass is 16.5. The number of fused-ring (bicyclic) bond motifs is 2. The zero-order valence-corrected chi connectivity index (χ0v) is 13.3. The minimum atomic E-state index is -0.0994. The molecule has 0 saturated carbocycles. The molecule has 1 amide bonds. The maximum atomic E-state index is 12.6. The smallest absolute Gasteiger partial charge is 0.230 e. The van der Waals surface area contributed by atoms with E-state index in [1.807, 2.05) is 36.7 Å². The van der Waals surface area contributed by atoms with Gasteiger partial charge in [0.2, 0.25) is 5.91 Å². The number of anilines is 1. The van der Waals surface area contributed by atoms with Crippen LogP contribution in [0, 0.1) is 5.92 Å². The molecule has 2 bridgehead atoms. The molecule has 2 aromatic heterocycles. The Morgan fingerprint density at radius 3 is 2.88 bits per heavy atom. The Morgan fingerprint density at radius 2 is 2.08 bits per heavy atom. The molecule has 0 unspecified atom stereocenters. The maximum absolute atomic E-state index is 12.6. The first-order chi connectivity index (χ1) is 11.8. The van der Waals surface area contributed by atoms with Crippen molar-refractivity contribution in [2.45, 2.75) is 25.2 Å². The molecule has 2 aliphatic heterocycles. The standard InChI is InChI=1S/C18H20N4O2/c23-18(21-14-2-1-5-20-9-14)16-8-15-11-22(12-17(16)24-15)10-13-3-6-19-7-4-13/h1-7,9,15-17H,8,10-12H2,(H,21,23)/t15-,16-,17+/m0/s1. The molecule has 6 heteroatoms. The van der Waals surface area contributed by atoms with Crippen molar-refractivity contribution in [1.29, 1.82) is 0 Å². The number of nitrogens with zero attached hydrogens (tertiary/aromatic N) is 3. The van der Waals surface area contributed by atoms with Gasteiger partial charge in [0.15, 0.2) is 0 Å². The molecular weight excluding hydrogens is 304 g/mol. The van der Waals surface area contributed by atoms with Gasteiger partial charge in [0.05, 0.1) is 30.0 Å². The monoisotopic (exact) mass is 324 g/mol. The van der Waals surface area contributed by atoms with Crippen LogP contribution in [0.1, 0.15) is 12.0 Å². The van der Waals surface area contributed by atoms with Crippen molar-refractivity contribution < 1.29 is 9.53 Å². The number of morpholine rings is 1. The minimum absolute atomic E-state index is 0.0289. The third kappa shape index (κ3) is 3.29. The van der Waals surface area contributed by atoms with E-state index >= 15 is 0 Å². The Labute approximate surface area is 140 Å². The number of carbonyl (C=O) groups excluding carboxylic acids is 1. The second-order valence-electron chi connectivity index (χ2n) is 6.42. The van der Waals surface area contributed by atoms with Crippen molar-refractivity contribution >= 4 is 11.6 Å². The van der Waals surface area contributed by atoms with Crippen LogP contribution in [0.5, 0.6) is 0 Å². The Hall–Kier alpha value is -2.31. The van der Waals surface area contributed by atoms with Gasteiger partial charge in [-0.25, -0.2) is 0 Å². The van der Waals surface area contributed by atoms with Crippen molar-refractivity contribution in [3.8, 4) is 0 Å². The number of ether oxygens (including phenoxy) is 1. The van der Waals surface area contributed by atoms with Crippen molar-refractivity contribution in [3.63, 3.8) is 0 Å². The van der Waals surface area contributed by atoms with Crippen LogP contribution < -0.4 is 5.32 Å². The van der Waals surface area contributed by atoms with Gasteiger partial charge < -0.3 is 10.1 Å². The van der Waals surface area contributed by atoms with E-state index in [4.69, 9.17) is 4.74 Å². The first-order valence-electron chi connectivity index (χ1n) is 8.25. The lowest BCUT2D eigenvalue weighted by molar-refractivity contribution is -0.123. The van der Waals surface area contributed by atoms with E-state index in [1.54, 1.807) is 12.4 Å². The van der Waals surface area contributed by atoms with Gasteiger partial charge in [-0.2, -0.15) is 0 Å². The molecule has 0 radical (unpaired) electrons. The third-order valence-corrected chi connectivity index (χ3v) is 4.65. The molecule has 2 aliphatic rings. The van der Waals surface area contributed by atoms with Gasteiger partial charge in [0.1, 0.15) is 0 Å². The number of likely N-dealkylation sites (tertiary alicyclic amines) is 1. The molecule has 0 spiro atoms. The maximum Gasteiger partial charge on any atom is 0.230 e. The summed E-state index contributed by atoms with van der Waals surface area (Å²) in [7, 11) is 0. The summed E-state index contributed by atoms with van der Waals surface area (Å²) in [6.07, 6.45) is 7.86. The Balaban J connectivity index is 1.39. The molecular formula is C18H20N4O2. The number of hydrogen-bond acceptors (Lipinski definition) is 5. The topological polar surface area (TPSA) is 67.4 Å². The van der Waals surface area contributed by atoms with E-state index < -0.39 is 0 Å². The molecule has 2 fully saturated rings.